The maximum atomic E-state index is 12.5. The minimum Gasteiger partial charge on any atom is -0.403 e. The summed E-state index contributed by atoms with van der Waals surface area (Å²) in [5, 5.41) is 10.5. The number of nitrogens with one attached hydrogen (secondary N) is 1. The molecular weight excluding hydrogens is 378 g/mol. The van der Waals surface area contributed by atoms with E-state index in [0.717, 1.165) is 16.7 Å². The maximum Gasteiger partial charge on any atom is 0.322 e. The van der Waals surface area contributed by atoms with Crippen LogP contribution in [0.1, 0.15) is 37.4 Å². The molecule has 0 atom stereocenters. The molecule has 4 aromatic rings. The number of carbonyl (C=O) groups excluding carboxylic acids is 2. The summed E-state index contributed by atoms with van der Waals surface area (Å²) in [6, 6.07) is 21.4. The van der Waals surface area contributed by atoms with Gasteiger partial charge in [-0.1, -0.05) is 65.3 Å². The molecule has 4 rings (SSSR count). The zero-order chi connectivity index (χ0) is 21.1. The first-order valence-electron chi connectivity index (χ1n) is 9.43. The van der Waals surface area contributed by atoms with Gasteiger partial charge in [-0.3, -0.25) is 14.9 Å². The lowest BCUT2D eigenvalue weighted by Gasteiger charge is -2.04. The van der Waals surface area contributed by atoms with Crippen molar-refractivity contribution in [3.05, 3.63) is 101 Å². The van der Waals surface area contributed by atoms with Gasteiger partial charge in [0.25, 0.3) is 5.91 Å². The van der Waals surface area contributed by atoms with Gasteiger partial charge in [0.2, 0.25) is 5.89 Å². The Morgan fingerprint density at radius 3 is 2.20 bits per heavy atom. The van der Waals surface area contributed by atoms with Crippen molar-refractivity contribution in [2.75, 3.05) is 5.32 Å². The third-order valence-corrected chi connectivity index (χ3v) is 4.71. The first kappa shape index (κ1) is 19.3. The normalized spacial score (nSPS) is 10.6. The highest BCUT2D eigenvalue weighted by Gasteiger charge is 2.15. The molecule has 0 aliphatic heterocycles. The molecule has 0 bridgehead atoms. The largest absolute Gasteiger partial charge is 0.403 e. The zero-order valence-electron chi connectivity index (χ0n) is 16.5. The van der Waals surface area contributed by atoms with E-state index in [1.807, 2.05) is 50.2 Å². The van der Waals surface area contributed by atoms with Crippen molar-refractivity contribution < 1.29 is 14.0 Å². The number of rotatable bonds is 5. The fraction of sp³-hybridized carbons (Fsp3) is 0.0833. The molecule has 1 aromatic heterocycles. The Labute approximate surface area is 173 Å². The first-order chi connectivity index (χ1) is 14.5. The summed E-state index contributed by atoms with van der Waals surface area (Å²) in [5.41, 5.74) is 4.38. The quantitative estimate of drug-likeness (QED) is 0.487. The van der Waals surface area contributed by atoms with Crippen LogP contribution < -0.4 is 5.32 Å². The van der Waals surface area contributed by atoms with Crippen molar-refractivity contribution >= 4 is 17.7 Å². The predicted octanol–water partition coefficient (Wildman–Crippen LogP) is 4.84. The molecule has 0 aliphatic carbocycles. The van der Waals surface area contributed by atoms with Gasteiger partial charge in [-0.15, -0.1) is 5.10 Å². The van der Waals surface area contributed by atoms with Crippen LogP contribution in [0, 0.1) is 13.8 Å². The van der Waals surface area contributed by atoms with Crippen LogP contribution in [0.15, 0.2) is 77.2 Å². The van der Waals surface area contributed by atoms with E-state index in [9.17, 15) is 9.59 Å². The van der Waals surface area contributed by atoms with Crippen molar-refractivity contribution in [2.24, 2.45) is 0 Å². The highest BCUT2D eigenvalue weighted by atomic mass is 16.4. The molecule has 3 aromatic carbocycles. The summed E-state index contributed by atoms with van der Waals surface area (Å²) in [6.07, 6.45) is 0. The Balaban J connectivity index is 1.48. The summed E-state index contributed by atoms with van der Waals surface area (Å²) in [5.74, 6) is -0.155. The second-order valence-corrected chi connectivity index (χ2v) is 6.96. The molecule has 0 spiro atoms. The van der Waals surface area contributed by atoms with E-state index in [1.54, 1.807) is 36.4 Å². The molecule has 0 saturated carbocycles. The van der Waals surface area contributed by atoms with Crippen LogP contribution in [0.25, 0.3) is 11.5 Å². The second-order valence-electron chi connectivity index (χ2n) is 6.96. The average molecular weight is 397 g/mol. The molecule has 1 N–H and O–H groups in total. The fourth-order valence-electron chi connectivity index (χ4n) is 3.05. The molecular formula is C24H19N3O3. The third-order valence-electron chi connectivity index (χ3n) is 4.71. The Bertz CT molecular complexity index is 1210. The number of benzene rings is 3. The van der Waals surface area contributed by atoms with Crippen molar-refractivity contribution in [3.8, 4) is 11.5 Å². The lowest BCUT2D eigenvalue weighted by atomic mass is 10.0. The Morgan fingerprint density at radius 2 is 1.47 bits per heavy atom. The van der Waals surface area contributed by atoms with Gasteiger partial charge in [-0.25, -0.2) is 0 Å². The number of aromatic nitrogens is 2. The van der Waals surface area contributed by atoms with E-state index >= 15 is 0 Å². The number of amides is 1. The van der Waals surface area contributed by atoms with E-state index in [4.69, 9.17) is 4.42 Å². The van der Waals surface area contributed by atoms with Crippen LogP contribution in [0.4, 0.5) is 6.01 Å². The van der Waals surface area contributed by atoms with E-state index in [0.29, 0.717) is 22.6 Å². The van der Waals surface area contributed by atoms with Crippen LogP contribution in [0.2, 0.25) is 0 Å². The van der Waals surface area contributed by atoms with Crippen molar-refractivity contribution in [1.29, 1.82) is 0 Å². The maximum absolute atomic E-state index is 12.5. The van der Waals surface area contributed by atoms with Gasteiger partial charge >= 0.3 is 6.01 Å². The molecule has 0 radical (unpaired) electrons. The lowest BCUT2D eigenvalue weighted by molar-refractivity contribution is 0.101. The predicted molar refractivity (Wildman–Crippen MR) is 113 cm³/mol. The fourth-order valence-corrected chi connectivity index (χ4v) is 3.05. The summed E-state index contributed by atoms with van der Waals surface area (Å²) in [6.45, 7) is 3.93. The summed E-state index contributed by atoms with van der Waals surface area (Å²) in [4.78, 5) is 25.0. The van der Waals surface area contributed by atoms with E-state index in [1.165, 1.54) is 0 Å². The van der Waals surface area contributed by atoms with Gasteiger partial charge in [0.15, 0.2) is 5.78 Å². The number of carbonyl (C=O) groups is 2. The molecule has 1 amide bonds. The van der Waals surface area contributed by atoms with Crippen LogP contribution >= 0.6 is 0 Å². The number of nitrogens with zero attached hydrogens (tertiary/aromatic N) is 2. The summed E-state index contributed by atoms with van der Waals surface area (Å²) >= 11 is 0. The number of aryl methyl sites for hydroxylation is 2. The first-order valence-corrected chi connectivity index (χ1v) is 9.43. The summed E-state index contributed by atoms with van der Waals surface area (Å²) < 4.78 is 5.61. The van der Waals surface area contributed by atoms with Gasteiger partial charge in [-0.2, -0.15) is 0 Å². The average Bonchev–Trinajstić information content (AvgIpc) is 3.24. The minimum atomic E-state index is -0.398. The van der Waals surface area contributed by atoms with Gasteiger partial charge in [0.1, 0.15) is 0 Å². The monoisotopic (exact) mass is 397 g/mol. The molecule has 0 saturated heterocycles. The lowest BCUT2D eigenvalue weighted by Crippen LogP contribution is -2.12. The zero-order valence-corrected chi connectivity index (χ0v) is 16.5. The molecule has 0 fully saturated rings. The smallest absolute Gasteiger partial charge is 0.322 e. The van der Waals surface area contributed by atoms with Crippen molar-refractivity contribution in [2.45, 2.75) is 13.8 Å². The molecule has 30 heavy (non-hydrogen) atoms. The molecule has 148 valence electrons. The van der Waals surface area contributed by atoms with Crippen LogP contribution in [-0.4, -0.2) is 21.9 Å². The Hall–Kier alpha value is -4.06. The van der Waals surface area contributed by atoms with E-state index in [-0.39, 0.29) is 11.8 Å². The number of ketones is 1. The Morgan fingerprint density at radius 1 is 0.800 bits per heavy atom. The molecule has 0 aliphatic rings. The summed E-state index contributed by atoms with van der Waals surface area (Å²) in [7, 11) is 0. The number of anilines is 1. The van der Waals surface area contributed by atoms with Gasteiger partial charge < -0.3 is 4.42 Å². The van der Waals surface area contributed by atoms with Gasteiger partial charge in [-0.05, 0) is 37.6 Å². The highest BCUT2D eigenvalue weighted by Crippen LogP contribution is 2.24. The molecule has 0 unspecified atom stereocenters. The SMILES string of the molecule is Cc1ccc(C)c(-c2nnc(NC(=O)c3ccc(C(=O)c4ccccc4)cc3)o2)c1. The van der Waals surface area contributed by atoms with E-state index in [2.05, 4.69) is 15.5 Å². The topological polar surface area (TPSA) is 85.1 Å². The van der Waals surface area contributed by atoms with Crippen LogP contribution in [0.5, 0.6) is 0 Å². The number of hydrogen-bond donors (Lipinski definition) is 1. The van der Waals surface area contributed by atoms with Crippen molar-refractivity contribution in [1.82, 2.24) is 10.2 Å². The molecule has 1 heterocycles. The van der Waals surface area contributed by atoms with Gasteiger partial charge in [0.05, 0.1) is 0 Å². The van der Waals surface area contributed by atoms with Gasteiger partial charge in [0, 0.05) is 22.3 Å². The Kier molecular flexibility index (Phi) is 5.22. The highest BCUT2D eigenvalue weighted by molar-refractivity contribution is 6.10. The van der Waals surface area contributed by atoms with Crippen LogP contribution in [-0.2, 0) is 0 Å². The number of hydrogen-bond acceptors (Lipinski definition) is 5. The second kappa shape index (κ2) is 8.13. The van der Waals surface area contributed by atoms with Crippen LogP contribution in [0.3, 0.4) is 0 Å². The standard InChI is InChI=1S/C24H19N3O3/c1-15-8-9-16(2)20(14-15)23-26-27-24(30-23)25-22(29)19-12-10-18(11-13-19)21(28)17-6-4-3-5-7-17/h3-14H,1-2H3,(H,25,27,29). The minimum absolute atomic E-state index is 0.0142. The molecule has 6 nitrogen and oxygen atoms in total. The van der Waals surface area contributed by atoms with E-state index < -0.39 is 5.91 Å². The molecule has 6 heteroatoms. The van der Waals surface area contributed by atoms with Crippen molar-refractivity contribution in [3.63, 3.8) is 0 Å². The third kappa shape index (κ3) is 4.03.